The molecule has 0 radical (unpaired) electrons. The molecule has 2 aromatic rings. The van der Waals surface area contributed by atoms with Crippen LogP contribution in [0.1, 0.15) is 18.7 Å². The van der Waals surface area contributed by atoms with Crippen molar-refractivity contribution in [2.24, 2.45) is 5.73 Å². The molecule has 1 unspecified atom stereocenters. The Balaban J connectivity index is 2.34. The molecule has 0 aliphatic carbocycles. The van der Waals surface area contributed by atoms with Crippen LogP contribution in [0, 0.1) is 0 Å². The van der Waals surface area contributed by atoms with Crippen LogP contribution in [0.5, 0.6) is 0 Å². The standard InChI is InChI=1S/C10H12N4/c1-7(11)9-6-13-10(14-9)8-2-4-12-5-3-8/h2-7H,11H2,1H3,(H,13,14). The van der Waals surface area contributed by atoms with Gasteiger partial charge in [-0.25, -0.2) is 4.98 Å². The van der Waals surface area contributed by atoms with Crippen LogP contribution in [-0.2, 0) is 0 Å². The molecule has 0 spiro atoms. The van der Waals surface area contributed by atoms with Crippen molar-refractivity contribution in [2.45, 2.75) is 13.0 Å². The van der Waals surface area contributed by atoms with Gasteiger partial charge in [-0.05, 0) is 19.1 Å². The molecule has 0 aliphatic heterocycles. The molecule has 0 fully saturated rings. The second-order valence-electron chi connectivity index (χ2n) is 3.21. The molecule has 0 aliphatic rings. The van der Waals surface area contributed by atoms with E-state index in [1.165, 1.54) is 0 Å². The average molecular weight is 188 g/mol. The van der Waals surface area contributed by atoms with Crippen LogP contribution in [0.25, 0.3) is 11.4 Å². The van der Waals surface area contributed by atoms with E-state index < -0.39 is 0 Å². The molecule has 0 bridgehead atoms. The topological polar surface area (TPSA) is 67.6 Å². The summed E-state index contributed by atoms with van der Waals surface area (Å²) in [6.07, 6.45) is 5.24. The first-order valence-corrected chi connectivity index (χ1v) is 4.48. The van der Waals surface area contributed by atoms with Gasteiger partial charge in [0.1, 0.15) is 5.82 Å². The van der Waals surface area contributed by atoms with Gasteiger partial charge in [0.2, 0.25) is 0 Å². The predicted octanol–water partition coefficient (Wildman–Crippen LogP) is 1.49. The zero-order valence-electron chi connectivity index (χ0n) is 7.94. The molecule has 0 amide bonds. The number of aromatic amines is 1. The fraction of sp³-hybridized carbons (Fsp3) is 0.200. The van der Waals surface area contributed by atoms with Crippen LogP contribution in [0.2, 0.25) is 0 Å². The van der Waals surface area contributed by atoms with E-state index in [4.69, 9.17) is 5.73 Å². The van der Waals surface area contributed by atoms with E-state index >= 15 is 0 Å². The molecular weight excluding hydrogens is 176 g/mol. The molecule has 1 atom stereocenters. The first kappa shape index (κ1) is 8.90. The third-order valence-electron chi connectivity index (χ3n) is 2.04. The summed E-state index contributed by atoms with van der Waals surface area (Å²) in [5.41, 5.74) is 7.68. The van der Waals surface area contributed by atoms with Crippen LogP contribution >= 0.6 is 0 Å². The van der Waals surface area contributed by atoms with Gasteiger partial charge in [-0.15, -0.1) is 0 Å². The maximum Gasteiger partial charge on any atom is 0.137 e. The Hall–Kier alpha value is -1.68. The summed E-state index contributed by atoms with van der Waals surface area (Å²) in [5, 5.41) is 0. The first-order chi connectivity index (χ1) is 6.77. The van der Waals surface area contributed by atoms with Gasteiger partial charge < -0.3 is 10.7 Å². The van der Waals surface area contributed by atoms with E-state index in [0.717, 1.165) is 17.1 Å². The Morgan fingerprint density at radius 1 is 1.36 bits per heavy atom. The summed E-state index contributed by atoms with van der Waals surface area (Å²) < 4.78 is 0. The number of rotatable bonds is 2. The molecule has 3 N–H and O–H groups in total. The molecule has 14 heavy (non-hydrogen) atoms. The number of nitrogens with one attached hydrogen (secondary N) is 1. The fourth-order valence-electron chi connectivity index (χ4n) is 1.22. The van der Waals surface area contributed by atoms with Gasteiger partial charge in [0.25, 0.3) is 0 Å². The van der Waals surface area contributed by atoms with Crippen LogP contribution in [0.4, 0.5) is 0 Å². The van der Waals surface area contributed by atoms with Gasteiger partial charge in [0, 0.05) is 24.0 Å². The second-order valence-corrected chi connectivity index (χ2v) is 3.21. The third-order valence-corrected chi connectivity index (χ3v) is 2.04. The van der Waals surface area contributed by atoms with Gasteiger partial charge in [-0.1, -0.05) is 0 Å². The summed E-state index contributed by atoms with van der Waals surface area (Å²) in [6.45, 7) is 1.92. The van der Waals surface area contributed by atoms with Crippen LogP contribution in [-0.4, -0.2) is 15.0 Å². The Kier molecular flexibility index (Phi) is 2.28. The Labute approximate surface area is 82.2 Å². The Morgan fingerprint density at radius 3 is 2.64 bits per heavy atom. The highest BCUT2D eigenvalue weighted by Gasteiger charge is 2.05. The van der Waals surface area contributed by atoms with Crippen molar-refractivity contribution in [3.05, 3.63) is 36.4 Å². The van der Waals surface area contributed by atoms with E-state index in [1.54, 1.807) is 18.6 Å². The van der Waals surface area contributed by atoms with Crippen LogP contribution in [0.3, 0.4) is 0 Å². The molecule has 72 valence electrons. The number of hydrogen-bond donors (Lipinski definition) is 2. The zero-order chi connectivity index (χ0) is 9.97. The average Bonchev–Trinajstić information content (AvgIpc) is 2.68. The molecule has 0 saturated carbocycles. The van der Waals surface area contributed by atoms with Crippen molar-refractivity contribution in [1.29, 1.82) is 0 Å². The van der Waals surface area contributed by atoms with E-state index in [1.807, 2.05) is 19.1 Å². The lowest BCUT2D eigenvalue weighted by molar-refractivity contribution is 0.789. The lowest BCUT2D eigenvalue weighted by atomic mass is 10.2. The molecule has 0 aromatic carbocycles. The quantitative estimate of drug-likeness (QED) is 0.750. The highest BCUT2D eigenvalue weighted by Crippen LogP contribution is 2.16. The Bertz CT molecular complexity index is 405. The lowest BCUT2D eigenvalue weighted by Gasteiger charge is -1.99. The largest absolute Gasteiger partial charge is 0.341 e. The van der Waals surface area contributed by atoms with Gasteiger partial charge in [0.05, 0.1) is 11.9 Å². The van der Waals surface area contributed by atoms with Crippen molar-refractivity contribution in [1.82, 2.24) is 15.0 Å². The van der Waals surface area contributed by atoms with Gasteiger partial charge >= 0.3 is 0 Å². The summed E-state index contributed by atoms with van der Waals surface area (Å²) in [4.78, 5) is 11.4. The molecule has 0 saturated heterocycles. The second kappa shape index (κ2) is 3.59. The molecule has 2 rings (SSSR count). The first-order valence-electron chi connectivity index (χ1n) is 4.48. The van der Waals surface area contributed by atoms with E-state index in [0.29, 0.717) is 0 Å². The molecule has 4 nitrogen and oxygen atoms in total. The van der Waals surface area contributed by atoms with Crippen molar-refractivity contribution < 1.29 is 0 Å². The minimum absolute atomic E-state index is 0.0157. The summed E-state index contributed by atoms with van der Waals surface area (Å²) in [5.74, 6) is 0.833. The molecule has 4 heteroatoms. The Morgan fingerprint density at radius 2 is 2.07 bits per heavy atom. The number of aromatic nitrogens is 3. The molecular formula is C10H12N4. The third kappa shape index (κ3) is 1.65. The number of hydrogen-bond acceptors (Lipinski definition) is 3. The number of imidazole rings is 1. The maximum atomic E-state index is 5.72. The minimum Gasteiger partial charge on any atom is -0.341 e. The van der Waals surface area contributed by atoms with Gasteiger partial charge in [-0.2, -0.15) is 0 Å². The number of H-pyrrole nitrogens is 1. The van der Waals surface area contributed by atoms with E-state index in [9.17, 15) is 0 Å². The lowest BCUT2D eigenvalue weighted by Crippen LogP contribution is -2.04. The van der Waals surface area contributed by atoms with E-state index in [-0.39, 0.29) is 6.04 Å². The van der Waals surface area contributed by atoms with Gasteiger partial charge in [0.15, 0.2) is 0 Å². The van der Waals surface area contributed by atoms with Crippen LogP contribution < -0.4 is 5.73 Å². The predicted molar refractivity (Wildman–Crippen MR) is 54.4 cm³/mol. The van der Waals surface area contributed by atoms with Crippen molar-refractivity contribution in [3.63, 3.8) is 0 Å². The highest BCUT2D eigenvalue weighted by atomic mass is 14.9. The fourth-order valence-corrected chi connectivity index (χ4v) is 1.22. The summed E-state index contributed by atoms with van der Waals surface area (Å²) in [6, 6.07) is 3.80. The monoisotopic (exact) mass is 188 g/mol. The number of pyridine rings is 1. The van der Waals surface area contributed by atoms with Crippen molar-refractivity contribution in [3.8, 4) is 11.4 Å². The SMILES string of the molecule is CC(N)c1cnc(-c2ccncc2)[nH]1. The summed E-state index contributed by atoms with van der Waals surface area (Å²) >= 11 is 0. The van der Waals surface area contributed by atoms with Crippen molar-refractivity contribution in [2.75, 3.05) is 0 Å². The normalized spacial score (nSPS) is 12.7. The van der Waals surface area contributed by atoms with Crippen LogP contribution in [0.15, 0.2) is 30.7 Å². The van der Waals surface area contributed by atoms with Gasteiger partial charge in [-0.3, -0.25) is 4.98 Å². The minimum atomic E-state index is -0.0157. The molecule has 2 heterocycles. The molecule has 2 aromatic heterocycles. The smallest absolute Gasteiger partial charge is 0.137 e. The number of nitrogens with zero attached hydrogens (tertiary/aromatic N) is 2. The zero-order valence-corrected chi connectivity index (χ0v) is 7.94. The van der Waals surface area contributed by atoms with E-state index in [2.05, 4.69) is 15.0 Å². The number of nitrogens with two attached hydrogens (primary N) is 1. The maximum absolute atomic E-state index is 5.72. The highest BCUT2D eigenvalue weighted by molar-refractivity contribution is 5.53. The summed E-state index contributed by atoms with van der Waals surface area (Å²) in [7, 11) is 0. The van der Waals surface area contributed by atoms with Crippen molar-refractivity contribution >= 4 is 0 Å².